The average molecular weight is 339 g/mol. The molecule has 0 saturated heterocycles. The van der Waals surface area contributed by atoms with E-state index in [-0.39, 0.29) is 12.5 Å². The van der Waals surface area contributed by atoms with Crippen molar-refractivity contribution < 1.29 is 19.4 Å². The number of aryl methyl sites for hydroxylation is 1. The molecule has 0 bridgehead atoms. The van der Waals surface area contributed by atoms with Gasteiger partial charge in [-0.05, 0) is 42.7 Å². The number of nitrogens with zero attached hydrogens (tertiary/aromatic N) is 1. The highest BCUT2D eigenvalue weighted by Gasteiger charge is 2.35. The Kier molecular flexibility index (Phi) is 5.03. The lowest BCUT2D eigenvalue weighted by molar-refractivity contribution is -0.138. The van der Waals surface area contributed by atoms with Crippen molar-refractivity contribution in [1.29, 1.82) is 0 Å². The predicted molar refractivity (Wildman–Crippen MR) is 95.1 cm³/mol. The van der Waals surface area contributed by atoms with Gasteiger partial charge in [-0.1, -0.05) is 30.3 Å². The van der Waals surface area contributed by atoms with Crippen molar-refractivity contribution in [3.05, 3.63) is 59.7 Å². The molecule has 0 saturated carbocycles. The third-order valence-corrected chi connectivity index (χ3v) is 4.36. The Bertz CT molecular complexity index is 787. The van der Waals surface area contributed by atoms with Gasteiger partial charge in [-0.3, -0.25) is 9.59 Å². The van der Waals surface area contributed by atoms with Crippen LogP contribution in [-0.4, -0.2) is 30.1 Å². The Balaban J connectivity index is 1.56. The van der Waals surface area contributed by atoms with E-state index in [4.69, 9.17) is 4.74 Å². The normalized spacial score (nSPS) is 15.7. The maximum Gasteiger partial charge on any atom is 0.312 e. The topological polar surface area (TPSA) is 66.8 Å². The Morgan fingerprint density at radius 3 is 2.76 bits per heavy atom. The highest BCUT2D eigenvalue weighted by atomic mass is 16.5. The molecule has 1 atom stereocenters. The molecule has 130 valence electrons. The van der Waals surface area contributed by atoms with Crippen LogP contribution < -0.4 is 9.64 Å². The van der Waals surface area contributed by atoms with Crippen LogP contribution in [0.25, 0.3) is 0 Å². The van der Waals surface area contributed by atoms with Crippen molar-refractivity contribution in [3.63, 3.8) is 0 Å². The lowest BCUT2D eigenvalue weighted by Crippen LogP contribution is -2.31. The Morgan fingerprint density at radius 2 is 2.00 bits per heavy atom. The summed E-state index contributed by atoms with van der Waals surface area (Å²) in [6, 6.07) is 15.0. The van der Waals surface area contributed by atoms with Gasteiger partial charge in [0.1, 0.15) is 11.7 Å². The van der Waals surface area contributed by atoms with Crippen molar-refractivity contribution in [3.8, 4) is 5.75 Å². The molecular formula is C20H21NO4. The molecule has 1 unspecified atom stereocenters. The summed E-state index contributed by atoms with van der Waals surface area (Å²) in [5, 5.41) is 9.36. The molecule has 0 spiro atoms. The average Bonchev–Trinajstić information content (AvgIpc) is 2.99. The Hall–Kier alpha value is -2.82. The minimum Gasteiger partial charge on any atom is -0.494 e. The summed E-state index contributed by atoms with van der Waals surface area (Å²) in [7, 11) is 0. The first kappa shape index (κ1) is 17.0. The first-order valence-corrected chi connectivity index (χ1v) is 8.38. The number of benzene rings is 2. The van der Waals surface area contributed by atoms with Crippen LogP contribution in [0.4, 0.5) is 5.69 Å². The molecule has 5 nitrogen and oxygen atoms in total. The second-order valence-electron chi connectivity index (χ2n) is 6.22. The second-order valence-corrected chi connectivity index (χ2v) is 6.22. The van der Waals surface area contributed by atoms with Gasteiger partial charge in [-0.2, -0.15) is 0 Å². The van der Waals surface area contributed by atoms with E-state index >= 15 is 0 Å². The summed E-state index contributed by atoms with van der Waals surface area (Å²) >= 11 is 0. The predicted octanol–water partition coefficient (Wildman–Crippen LogP) is 3.37. The number of carbonyl (C=O) groups excluding carboxylic acids is 1. The van der Waals surface area contributed by atoms with E-state index in [1.165, 1.54) is 0 Å². The first-order chi connectivity index (χ1) is 12.1. The quantitative estimate of drug-likeness (QED) is 0.820. The SMILES string of the molecule is Cc1cccc(OCCCC(=O)N2CC(C(=O)O)c3ccccc32)c1. The van der Waals surface area contributed by atoms with Crippen LogP contribution in [0.15, 0.2) is 48.5 Å². The molecule has 2 aromatic carbocycles. The molecule has 1 aliphatic rings. The van der Waals surface area contributed by atoms with Crippen LogP contribution in [0.1, 0.15) is 29.9 Å². The van der Waals surface area contributed by atoms with Gasteiger partial charge in [0.15, 0.2) is 0 Å². The summed E-state index contributed by atoms with van der Waals surface area (Å²) in [6.07, 6.45) is 0.912. The zero-order valence-electron chi connectivity index (χ0n) is 14.1. The number of fused-ring (bicyclic) bond motifs is 1. The van der Waals surface area contributed by atoms with Gasteiger partial charge in [0.25, 0.3) is 0 Å². The monoisotopic (exact) mass is 339 g/mol. The molecule has 2 aromatic rings. The number of amides is 1. The molecule has 1 N–H and O–H groups in total. The number of carboxylic acids is 1. The second kappa shape index (κ2) is 7.38. The zero-order chi connectivity index (χ0) is 17.8. The largest absolute Gasteiger partial charge is 0.494 e. The van der Waals surface area contributed by atoms with Crippen LogP contribution in [0.5, 0.6) is 5.75 Å². The third kappa shape index (κ3) is 3.82. The Morgan fingerprint density at radius 1 is 1.20 bits per heavy atom. The number of aliphatic carboxylic acids is 1. The van der Waals surface area contributed by atoms with E-state index in [9.17, 15) is 14.7 Å². The van der Waals surface area contributed by atoms with Crippen LogP contribution in [0.3, 0.4) is 0 Å². The van der Waals surface area contributed by atoms with Crippen LogP contribution in [0, 0.1) is 6.92 Å². The molecule has 0 radical (unpaired) electrons. The number of hydrogen-bond donors (Lipinski definition) is 1. The van der Waals surface area contributed by atoms with Crippen molar-refractivity contribution >= 4 is 17.6 Å². The molecule has 5 heteroatoms. The number of para-hydroxylation sites is 1. The summed E-state index contributed by atoms with van der Waals surface area (Å²) in [6.45, 7) is 2.65. The van der Waals surface area contributed by atoms with Crippen LogP contribution >= 0.6 is 0 Å². The van der Waals surface area contributed by atoms with Gasteiger partial charge in [-0.25, -0.2) is 0 Å². The molecule has 0 fully saturated rings. The van der Waals surface area contributed by atoms with Gasteiger partial charge in [0, 0.05) is 18.7 Å². The van der Waals surface area contributed by atoms with Gasteiger partial charge in [-0.15, -0.1) is 0 Å². The standard InChI is InChI=1S/C20H21NO4/c1-14-6-4-7-15(12-14)25-11-5-10-19(22)21-13-17(20(23)24)16-8-2-3-9-18(16)21/h2-4,6-9,12,17H,5,10-11,13H2,1H3,(H,23,24). The van der Waals surface area contributed by atoms with Gasteiger partial charge in [0.2, 0.25) is 5.91 Å². The summed E-state index contributed by atoms with van der Waals surface area (Å²) < 4.78 is 5.66. The van der Waals surface area contributed by atoms with Crippen LogP contribution in [-0.2, 0) is 9.59 Å². The third-order valence-electron chi connectivity index (χ3n) is 4.36. The van der Waals surface area contributed by atoms with E-state index in [1.54, 1.807) is 23.1 Å². The lowest BCUT2D eigenvalue weighted by Gasteiger charge is -2.17. The van der Waals surface area contributed by atoms with E-state index in [1.807, 2.05) is 37.3 Å². The summed E-state index contributed by atoms with van der Waals surface area (Å²) in [5.41, 5.74) is 2.54. The van der Waals surface area contributed by atoms with Gasteiger partial charge in [0.05, 0.1) is 6.61 Å². The molecule has 1 aliphatic heterocycles. The number of hydrogen-bond acceptors (Lipinski definition) is 3. The molecule has 1 heterocycles. The molecule has 25 heavy (non-hydrogen) atoms. The number of rotatable bonds is 6. The van der Waals surface area contributed by atoms with Crippen LogP contribution in [0.2, 0.25) is 0 Å². The minimum atomic E-state index is -0.898. The molecule has 0 aromatic heterocycles. The van der Waals surface area contributed by atoms with Crippen molar-refractivity contribution in [2.24, 2.45) is 0 Å². The lowest BCUT2D eigenvalue weighted by atomic mass is 10.0. The first-order valence-electron chi connectivity index (χ1n) is 8.38. The fourth-order valence-corrected chi connectivity index (χ4v) is 3.11. The van der Waals surface area contributed by atoms with E-state index in [2.05, 4.69) is 0 Å². The molecule has 1 amide bonds. The van der Waals surface area contributed by atoms with Gasteiger partial charge >= 0.3 is 5.97 Å². The maximum atomic E-state index is 12.5. The maximum absolute atomic E-state index is 12.5. The van der Waals surface area contributed by atoms with Crippen molar-refractivity contribution in [2.75, 3.05) is 18.1 Å². The van der Waals surface area contributed by atoms with E-state index in [0.29, 0.717) is 30.7 Å². The number of ether oxygens (including phenoxy) is 1. The molecule has 0 aliphatic carbocycles. The smallest absolute Gasteiger partial charge is 0.312 e. The summed E-state index contributed by atoms with van der Waals surface area (Å²) in [4.78, 5) is 25.5. The number of carbonyl (C=O) groups is 2. The highest BCUT2D eigenvalue weighted by molar-refractivity contribution is 5.98. The van der Waals surface area contributed by atoms with E-state index in [0.717, 1.165) is 11.3 Å². The molecular weight excluding hydrogens is 318 g/mol. The zero-order valence-corrected chi connectivity index (χ0v) is 14.1. The number of anilines is 1. The number of carboxylic acid groups (broad SMARTS) is 1. The molecule has 3 rings (SSSR count). The Labute approximate surface area is 146 Å². The fourth-order valence-electron chi connectivity index (χ4n) is 3.11. The fraction of sp³-hybridized carbons (Fsp3) is 0.300. The van der Waals surface area contributed by atoms with Crippen molar-refractivity contribution in [2.45, 2.75) is 25.7 Å². The van der Waals surface area contributed by atoms with Crippen molar-refractivity contribution in [1.82, 2.24) is 0 Å². The highest BCUT2D eigenvalue weighted by Crippen LogP contribution is 2.36. The van der Waals surface area contributed by atoms with E-state index < -0.39 is 11.9 Å². The minimum absolute atomic E-state index is 0.0657. The summed E-state index contributed by atoms with van der Waals surface area (Å²) in [5.74, 6) is -0.817. The van der Waals surface area contributed by atoms with Gasteiger partial charge < -0.3 is 14.7 Å².